The smallest absolute Gasteiger partial charge is 0.331 e. The summed E-state index contributed by atoms with van der Waals surface area (Å²) in [6.45, 7) is 8.93. The van der Waals surface area contributed by atoms with Crippen molar-refractivity contribution in [3.8, 4) is 0 Å². The molecule has 1 saturated heterocycles. The van der Waals surface area contributed by atoms with E-state index in [-0.39, 0.29) is 11.6 Å². The van der Waals surface area contributed by atoms with E-state index in [1.54, 1.807) is 0 Å². The van der Waals surface area contributed by atoms with Gasteiger partial charge in [-0.2, -0.15) is 4.98 Å². The number of carbonyl (C=O) groups excluding carboxylic acids is 1. The maximum absolute atomic E-state index is 14.5. The van der Waals surface area contributed by atoms with Crippen LogP contribution in [-0.2, 0) is 6.54 Å². The van der Waals surface area contributed by atoms with E-state index in [0.29, 0.717) is 12.5 Å². The van der Waals surface area contributed by atoms with E-state index in [1.165, 1.54) is 24.9 Å². The minimum atomic E-state index is -0.175. The molecule has 0 atom stereocenters. The van der Waals surface area contributed by atoms with Crippen LogP contribution < -0.4 is 20.0 Å². The zero-order valence-electron chi connectivity index (χ0n) is 24.6. The fraction of sp³-hybridized carbons (Fsp3) is 0.485. The second-order valence-corrected chi connectivity index (χ2v) is 12.7. The number of hydrogen-bond acceptors (Lipinski definition) is 6. The number of aromatic nitrogens is 2. The number of benzene rings is 2. The average Bonchev–Trinajstić information content (AvgIpc) is 2.99. The van der Waals surface area contributed by atoms with E-state index < -0.39 is 0 Å². The number of fused-ring (bicyclic) bond motifs is 4. The summed E-state index contributed by atoms with van der Waals surface area (Å²) in [4.78, 5) is 33.2. The van der Waals surface area contributed by atoms with Crippen molar-refractivity contribution >= 4 is 34.9 Å². The number of piperazine rings is 1. The lowest BCUT2D eigenvalue weighted by molar-refractivity contribution is 0.132. The first-order chi connectivity index (χ1) is 19.9. The summed E-state index contributed by atoms with van der Waals surface area (Å²) in [7, 11) is 2.18. The monoisotopic (exact) mass is 551 g/mol. The second-order valence-electron chi connectivity index (χ2n) is 12.7. The Morgan fingerprint density at radius 3 is 2.22 bits per heavy atom. The Morgan fingerprint density at radius 1 is 0.902 bits per heavy atom. The molecule has 0 spiro atoms. The molecule has 2 aromatic carbocycles. The lowest BCUT2D eigenvalue weighted by atomic mass is 9.65. The lowest BCUT2D eigenvalue weighted by Crippen LogP contribution is -2.62. The van der Waals surface area contributed by atoms with E-state index in [0.717, 1.165) is 85.2 Å². The highest BCUT2D eigenvalue weighted by atomic mass is 16.2. The SMILES string of the molecule is Cc1cccc(C)c1N1Cc2cnc(Nc3ccc(N4CCN(C)CC4)cc3)nc2N(C23CCC(CC2)CC3)C1=O. The molecule has 8 nitrogen and oxygen atoms in total. The van der Waals surface area contributed by atoms with Crippen molar-refractivity contribution in [2.75, 3.05) is 53.2 Å². The number of hydrogen-bond donors (Lipinski definition) is 1. The molecule has 3 heterocycles. The van der Waals surface area contributed by atoms with Gasteiger partial charge in [0, 0.05) is 49.3 Å². The van der Waals surface area contributed by atoms with Crippen molar-refractivity contribution < 1.29 is 4.79 Å². The Balaban J connectivity index is 1.21. The summed E-state index contributed by atoms with van der Waals surface area (Å²) < 4.78 is 0. The molecule has 2 aliphatic heterocycles. The lowest BCUT2D eigenvalue weighted by Gasteiger charge is -2.54. The van der Waals surface area contributed by atoms with Crippen LogP contribution >= 0.6 is 0 Å². The molecular weight excluding hydrogens is 510 g/mol. The van der Waals surface area contributed by atoms with E-state index in [1.807, 2.05) is 11.1 Å². The molecule has 1 aromatic heterocycles. The highest BCUT2D eigenvalue weighted by Crippen LogP contribution is 2.51. The van der Waals surface area contributed by atoms with E-state index in [2.05, 4.69) is 83.4 Å². The largest absolute Gasteiger partial charge is 0.369 e. The van der Waals surface area contributed by atoms with Crippen LogP contribution in [-0.4, -0.2) is 59.7 Å². The summed E-state index contributed by atoms with van der Waals surface area (Å²) in [5, 5.41) is 3.43. The van der Waals surface area contributed by atoms with Crippen LogP contribution in [0.15, 0.2) is 48.7 Å². The Hall–Kier alpha value is -3.65. The number of nitrogens with zero attached hydrogens (tertiary/aromatic N) is 6. The third kappa shape index (κ3) is 4.72. The van der Waals surface area contributed by atoms with Crippen LogP contribution in [0.4, 0.5) is 33.6 Å². The van der Waals surface area contributed by atoms with Gasteiger partial charge in [-0.3, -0.25) is 9.80 Å². The Bertz CT molecular complexity index is 1400. The summed E-state index contributed by atoms with van der Waals surface area (Å²) in [5.41, 5.74) is 6.26. The van der Waals surface area contributed by atoms with Gasteiger partial charge in [0.1, 0.15) is 5.82 Å². The minimum Gasteiger partial charge on any atom is -0.369 e. The number of urea groups is 1. The zero-order valence-corrected chi connectivity index (χ0v) is 24.6. The van der Waals surface area contributed by atoms with Gasteiger partial charge in [-0.25, -0.2) is 9.78 Å². The maximum atomic E-state index is 14.5. The first-order valence-corrected chi connectivity index (χ1v) is 15.2. The number of nitrogens with one attached hydrogen (secondary N) is 1. The zero-order chi connectivity index (χ0) is 28.1. The molecule has 3 aliphatic carbocycles. The van der Waals surface area contributed by atoms with Crippen molar-refractivity contribution in [3.05, 3.63) is 65.4 Å². The maximum Gasteiger partial charge on any atom is 0.331 e. The summed E-state index contributed by atoms with van der Waals surface area (Å²) >= 11 is 0. The van der Waals surface area contributed by atoms with Crippen LogP contribution in [0.3, 0.4) is 0 Å². The first kappa shape index (κ1) is 26.3. The molecule has 5 aliphatic rings. The summed E-state index contributed by atoms with van der Waals surface area (Å²) in [5.74, 6) is 2.13. The third-order valence-corrected chi connectivity index (χ3v) is 10.0. The fourth-order valence-electron chi connectivity index (χ4n) is 7.56. The van der Waals surface area contributed by atoms with Gasteiger partial charge in [0.05, 0.1) is 17.8 Å². The quantitative estimate of drug-likeness (QED) is 0.404. The summed E-state index contributed by atoms with van der Waals surface area (Å²) in [6.07, 6.45) is 8.64. The molecule has 3 aromatic rings. The molecule has 2 bridgehead atoms. The van der Waals surface area contributed by atoms with Crippen LogP contribution in [0.1, 0.15) is 55.2 Å². The highest BCUT2D eigenvalue weighted by molar-refractivity contribution is 6.07. The standard InChI is InChI=1S/C33H41N7O/c1-23-5-4-6-24(2)29(23)39-22-26-21-34-31(35-27-7-9-28(10-8-27)38-19-17-37(3)18-20-38)36-30(26)40(32(39)41)33-14-11-25(12-15-33)13-16-33/h4-10,21,25H,11-20,22H2,1-3H3,(H,34,35,36). The van der Waals surface area contributed by atoms with Crippen molar-refractivity contribution in [2.45, 2.75) is 64.5 Å². The molecule has 41 heavy (non-hydrogen) atoms. The fourth-order valence-corrected chi connectivity index (χ4v) is 7.56. The molecule has 214 valence electrons. The van der Waals surface area contributed by atoms with Crippen LogP contribution in [0.25, 0.3) is 0 Å². The first-order valence-electron chi connectivity index (χ1n) is 15.2. The van der Waals surface area contributed by atoms with Gasteiger partial charge in [0.15, 0.2) is 0 Å². The van der Waals surface area contributed by atoms with Crippen LogP contribution in [0, 0.1) is 19.8 Å². The molecule has 0 radical (unpaired) electrons. The van der Waals surface area contributed by atoms with Crippen molar-refractivity contribution in [1.82, 2.24) is 14.9 Å². The van der Waals surface area contributed by atoms with E-state index >= 15 is 0 Å². The number of aryl methyl sites for hydroxylation is 2. The molecule has 0 unspecified atom stereocenters. The predicted octanol–water partition coefficient (Wildman–Crippen LogP) is 6.26. The van der Waals surface area contributed by atoms with Gasteiger partial charge in [-0.05, 0) is 101 Å². The number of carbonyl (C=O) groups is 1. The Morgan fingerprint density at radius 2 is 1.56 bits per heavy atom. The molecule has 8 rings (SSSR count). The van der Waals surface area contributed by atoms with E-state index in [4.69, 9.17) is 9.97 Å². The number of para-hydroxylation sites is 1. The van der Waals surface area contributed by atoms with Crippen molar-refractivity contribution in [2.24, 2.45) is 5.92 Å². The average molecular weight is 552 g/mol. The van der Waals surface area contributed by atoms with Crippen LogP contribution in [0.5, 0.6) is 0 Å². The molecular formula is C33H41N7O. The van der Waals surface area contributed by atoms with Gasteiger partial charge in [-0.15, -0.1) is 0 Å². The number of amides is 2. The molecule has 4 fully saturated rings. The molecule has 2 amide bonds. The normalized spacial score (nSPS) is 24.5. The van der Waals surface area contributed by atoms with Gasteiger partial charge >= 0.3 is 6.03 Å². The van der Waals surface area contributed by atoms with Gasteiger partial charge < -0.3 is 15.1 Å². The van der Waals surface area contributed by atoms with Gasteiger partial charge in [0.25, 0.3) is 0 Å². The highest BCUT2D eigenvalue weighted by Gasteiger charge is 2.51. The number of rotatable bonds is 5. The van der Waals surface area contributed by atoms with Gasteiger partial charge in [0.2, 0.25) is 5.95 Å². The summed E-state index contributed by atoms with van der Waals surface area (Å²) in [6, 6.07) is 14.8. The third-order valence-electron chi connectivity index (χ3n) is 10.0. The topological polar surface area (TPSA) is 67.8 Å². The Labute approximate surface area is 243 Å². The van der Waals surface area contributed by atoms with Crippen molar-refractivity contribution in [3.63, 3.8) is 0 Å². The Kier molecular flexibility index (Phi) is 6.61. The molecule has 8 heteroatoms. The molecule has 3 saturated carbocycles. The predicted molar refractivity (Wildman–Crippen MR) is 165 cm³/mol. The van der Waals surface area contributed by atoms with Crippen molar-refractivity contribution in [1.29, 1.82) is 0 Å². The van der Waals surface area contributed by atoms with Crippen LogP contribution in [0.2, 0.25) is 0 Å². The number of likely N-dealkylation sites (N-methyl/N-ethyl adjacent to an activating group) is 1. The second kappa shape index (κ2) is 10.3. The van der Waals surface area contributed by atoms with Gasteiger partial charge in [-0.1, -0.05) is 18.2 Å². The van der Waals surface area contributed by atoms with E-state index in [9.17, 15) is 4.79 Å². The number of anilines is 5. The molecule has 1 N–H and O–H groups in total. The minimum absolute atomic E-state index is 0.0522.